The van der Waals surface area contributed by atoms with Crippen LogP contribution in [0.1, 0.15) is 34.0 Å². The van der Waals surface area contributed by atoms with Crippen molar-refractivity contribution in [3.8, 4) is 5.75 Å². The highest BCUT2D eigenvalue weighted by atomic mass is 79.9. The Kier molecular flexibility index (Phi) is 5.08. The van der Waals surface area contributed by atoms with Crippen molar-refractivity contribution in [2.75, 3.05) is 14.2 Å². The van der Waals surface area contributed by atoms with E-state index in [0.29, 0.717) is 12.1 Å². The predicted octanol–water partition coefficient (Wildman–Crippen LogP) is 3.72. The average molecular weight is 404 g/mol. The Morgan fingerprint density at radius 1 is 1.28 bits per heavy atom. The highest BCUT2D eigenvalue weighted by Crippen LogP contribution is 2.33. The van der Waals surface area contributed by atoms with E-state index in [1.807, 2.05) is 30.3 Å². The predicted molar refractivity (Wildman–Crippen MR) is 96.4 cm³/mol. The lowest BCUT2D eigenvalue weighted by Crippen LogP contribution is -2.27. The molecule has 0 saturated carbocycles. The van der Waals surface area contributed by atoms with E-state index in [-0.39, 0.29) is 18.3 Å². The van der Waals surface area contributed by atoms with Gasteiger partial charge in [0, 0.05) is 29.2 Å². The Morgan fingerprint density at radius 2 is 2.04 bits per heavy atom. The molecule has 0 radical (unpaired) electrons. The summed E-state index contributed by atoms with van der Waals surface area (Å²) in [7, 11) is 3.33. The Labute approximate surface area is 154 Å². The van der Waals surface area contributed by atoms with Gasteiger partial charge in [-0.1, -0.05) is 34.1 Å². The summed E-state index contributed by atoms with van der Waals surface area (Å²) in [4.78, 5) is 26.1. The Bertz CT molecular complexity index is 821. The summed E-state index contributed by atoms with van der Waals surface area (Å²) in [5.74, 6) is 0.252. The minimum absolute atomic E-state index is 0.100. The number of hydrogen-bond acceptors (Lipinski definition) is 4. The molecule has 0 aliphatic carbocycles. The van der Waals surface area contributed by atoms with Crippen molar-refractivity contribution >= 4 is 27.8 Å². The number of hydrogen-bond donors (Lipinski definition) is 0. The Hall–Kier alpha value is -2.34. The van der Waals surface area contributed by atoms with E-state index in [1.165, 1.54) is 0 Å². The summed E-state index contributed by atoms with van der Waals surface area (Å²) in [6, 6.07) is 12.8. The van der Waals surface area contributed by atoms with Gasteiger partial charge in [-0.3, -0.25) is 4.79 Å². The van der Waals surface area contributed by atoms with Gasteiger partial charge in [0.2, 0.25) is 5.91 Å². The second kappa shape index (κ2) is 7.27. The lowest BCUT2D eigenvalue weighted by atomic mass is 10.0. The number of amides is 1. The number of rotatable bonds is 5. The number of halogens is 1. The van der Waals surface area contributed by atoms with Crippen LogP contribution in [-0.2, 0) is 16.1 Å². The fourth-order valence-corrected chi connectivity index (χ4v) is 3.31. The third-order valence-electron chi connectivity index (χ3n) is 4.21. The molecule has 1 atom stereocenters. The van der Waals surface area contributed by atoms with Gasteiger partial charge in [-0.2, -0.15) is 0 Å². The van der Waals surface area contributed by atoms with E-state index in [0.717, 1.165) is 21.3 Å². The first kappa shape index (κ1) is 17.5. The molecule has 1 aliphatic heterocycles. The molecule has 1 heterocycles. The van der Waals surface area contributed by atoms with Crippen molar-refractivity contribution in [1.82, 2.24) is 4.90 Å². The summed E-state index contributed by atoms with van der Waals surface area (Å²) in [5, 5.41) is 0. The normalized spacial score (nSPS) is 15.5. The van der Waals surface area contributed by atoms with Crippen molar-refractivity contribution in [3.63, 3.8) is 0 Å². The van der Waals surface area contributed by atoms with Crippen molar-refractivity contribution in [2.45, 2.75) is 19.1 Å². The van der Waals surface area contributed by atoms with Crippen LogP contribution in [0.2, 0.25) is 0 Å². The van der Waals surface area contributed by atoms with Gasteiger partial charge in [-0.25, -0.2) is 4.79 Å². The maximum Gasteiger partial charge on any atom is 0.339 e. The van der Waals surface area contributed by atoms with Crippen LogP contribution < -0.4 is 4.74 Å². The van der Waals surface area contributed by atoms with E-state index in [2.05, 4.69) is 15.9 Å². The number of methoxy groups -OCH3 is 1. The van der Waals surface area contributed by atoms with Gasteiger partial charge in [-0.15, -0.1) is 0 Å². The number of benzene rings is 2. The van der Waals surface area contributed by atoms with Gasteiger partial charge in [-0.05, 0) is 24.3 Å². The molecule has 0 saturated heterocycles. The number of esters is 1. The zero-order chi connectivity index (χ0) is 18.0. The molecule has 5 nitrogen and oxygen atoms in total. The highest BCUT2D eigenvalue weighted by molar-refractivity contribution is 9.10. The quantitative estimate of drug-likeness (QED) is 0.713. The second-order valence-electron chi connectivity index (χ2n) is 5.89. The lowest BCUT2D eigenvalue weighted by molar-refractivity contribution is -0.132. The minimum atomic E-state index is -0.525. The first-order chi connectivity index (χ1) is 12.0. The summed E-state index contributed by atoms with van der Waals surface area (Å²) < 4.78 is 11.6. The minimum Gasteiger partial charge on any atom is -0.496 e. The third-order valence-corrected chi connectivity index (χ3v) is 4.71. The Balaban J connectivity index is 1.70. The molecule has 25 heavy (non-hydrogen) atoms. The fraction of sp³-hybridized carbons (Fsp3) is 0.263. The van der Waals surface area contributed by atoms with Crippen molar-refractivity contribution in [1.29, 1.82) is 0 Å². The van der Waals surface area contributed by atoms with E-state index >= 15 is 0 Å². The van der Waals surface area contributed by atoms with Crippen molar-refractivity contribution in [2.24, 2.45) is 0 Å². The molecular formula is C19H18BrNO4. The van der Waals surface area contributed by atoms with Gasteiger partial charge < -0.3 is 14.4 Å². The number of ether oxygens (including phenoxy) is 2. The number of carbonyl (C=O) groups is 2. The van der Waals surface area contributed by atoms with Gasteiger partial charge in [0.25, 0.3) is 0 Å². The topological polar surface area (TPSA) is 55.8 Å². The van der Waals surface area contributed by atoms with E-state index in [9.17, 15) is 9.59 Å². The van der Waals surface area contributed by atoms with Gasteiger partial charge in [0.15, 0.2) is 0 Å². The average Bonchev–Trinajstić information content (AvgIpc) is 2.91. The molecule has 1 amide bonds. The summed E-state index contributed by atoms with van der Waals surface area (Å²) in [6.07, 6.45) is -0.404. The fourth-order valence-electron chi connectivity index (χ4n) is 2.90. The summed E-state index contributed by atoms with van der Waals surface area (Å²) >= 11 is 3.43. The standard InChI is InChI=1S/C19H18BrNO4/c1-21(11-12-9-13(20)7-8-16(12)24-2)18(22)10-17-14-5-3-4-6-15(14)19(23)25-17/h3-9,17H,10-11H2,1-2H3/t17-/m0/s1. The number of carbonyl (C=O) groups excluding carboxylic acids is 2. The van der Waals surface area contributed by atoms with Crippen LogP contribution in [0.4, 0.5) is 0 Å². The summed E-state index contributed by atoms with van der Waals surface area (Å²) in [6.45, 7) is 0.407. The molecule has 1 aliphatic rings. The van der Waals surface area contributed by atoms with E-state index < -0.39 is 6.10 Å². The Morgan fingerprint density at radius 3 is 2.80 bits per heavy atom. The van der Waals surface area contributed by atoms with E-state index in [1.54, 1.807) is 31.2 Å². The van der Waals surface area contributed by atoms with Crippen LogP contribution >= 0.6 is 15.9 Å². The van der Waals surface area contributed by atoms with Crippen molar-refractivity contribution < 1.29 is 19.1 Å². The van der Waals surface area contributed by atoms with Crippen molar-refractivity contribution in [3.05, 3.63) is 63.6 Å². The number of cyclic esters (lactones) is 1. The van der Waals surface area contributed by atoms with Crippen LogP contribution in [0, 0.1) is 0 Å². The molecule has 0 unspecified atom stereocenters. The maximum atomic E-state index is 12.6. The zero-order valence-corrected chi connectivity index (χ0v) is 15.6. The monoisotopic (exact) mass is 403 g/mol. The maximum absolute atomic E-state index is 12.6. The molecule has 130 valence electrons. The lowest BCUT2D eigenvalue weighted by Gasteiger charge is -2.21. The van der Waals surface area contributed by atoms with Crippen LogP contribution in [0.3, 0.4) is 0 Å². The molecule has 0 bridgehead atoms. The van der Waals surface area contributed by atoms with Crippen LogP contribution in [0.5, 0.6) is 5.75 Å². The molecule has 0 fully saturated rings. The van der Waals surface area contributed by atoms with Gasteiger partial charge in [0.1, 0.15) is 11.9 Å². The molecule has 0 aromatic heterocycles. The third kappa shape index (κ3) is 3.69. The van der Waals surface area contributed by atoms with Crippen LogP contribution in [0.25, 0.3) is 0 Å². The van der Waals surface area contributed by atoms with Gasteiger partial charge >= 0.3 is 5.97 Å². The largest absolute Gasteiger partial charge is 0.496 e. The first-order valence-electron chi connectivity index (χ1n) is 7.86. The number of nitrogens with zero attached hydrogens (tertiary/aromatic N) is 1. The van der Waals surface area contributed by atoms with E-state index in [4.69, 9.17) is 9.47 Å². The zero-order valence-electron chi connectivity index (χ0n) is 14.0. The van der Waals surface area contributed by atoms with Crippen LogP contribution in [0.15, 0.2) is 46.9 Å². The molecule has 0 N–H and O–H groups in total. The first-order valence-corrected chi connectivity index (χ1v) is 8.65. The molecular weight excluding hydrogens is 386 g/mol. The van der Waals surface area contributed by atoms with Gasteiger partial charge in [0.05, 0.1) is 19.1 Å². The second-order valence-corrected chi connectivity index (χ2v) is 6.81. The summed E-state index contributed by atoms with van der Waals surface area (Å²) in [5.41, 5.74) is 2.21. The molecule has 3 rings (SSSR count). The highest BCUT2D eigenvalue weighted by Gasteiger charge is 2.32. The number of fused-ring (bicyclic) bond motifs is 1. The molecule has 2 aromatic carbocycles. The SMILES string of the molecule is COc1ccc(Br)cc1CN(C)C(=O)C[C@@H]1OC(=O)c2ccccc21. The molecule has 0 spiro atoms. The smallest absolute Gasteiger partial charge is 0.339 e. The van der Waals surface area contributed by atoms with Crippen LogP contribution in [-0.4, -0.2) is 30.9 Å². The molecule has 2 aromatic rings. The molecule has 6 heteroatoms.